The number of hydrogen-bond donors (Lipinski definition) is 1. The Morgan fingerprint density at radius 3 is 2.61 bits per heavy atom. The van der Waals surface area contributed by atoms with Crippen molar-refractivity contribution < 1.29 is 19.1 Å². The van der Waals surface area contributed by atoms with E-state index in [1.54, 1.807) is 31.1 Å². The zero-order valence-electron chi connectivity index (χ0n) is 18.2. The lowest BCUT2D eigenvalue weighted by atomic mass is 9.89. The molecule has 0 saturated carbocycles. The Bertz CT molecular complexity index is 903. The molecule has 31 heavy (non-hydrogen) atoms. The third-order valence-electron chi connectivity index (χ3n) is 6.12. The Labute approximate surface area is 181 Å². The Kier molecular flexibility index (Phi) is 7.27. The molecular weight excluding hydrogens is 401 g/mol. The van der Waals surface area contributed by atoms with Crippen LogP contribution in [-0.4, -0.2) is 82.4 Å². The van der Waals surface area contributed by atoms with Gasteiger partial charge >= 0.3 is 6.03 Å². The molecule has 0 bridgehead atoms. The number of amides is 2. The number of aromatic nitrogens is 2. The van der Waals surface area contributed by atoms with Crippen LogP contribution in [0.4, 0.5) is 9.18 Å². The van der Waals surface area contributed by atoms with Crippen molar-refractivity contribution in [3.05, 3.63) is 53.6 Å². The van der Waals surface area contributed by atoms with Crippen molar-refractivity contribution >= 4 is 12.5 Å². The minimum atomic E-state index is -0.250. The fourth-order valence-electron chi connectivity index (χ4n) is 4.76. The molecule has 1 aromatic carbocycles. The first-order valence-electron chi connectivity index (χ1n) is 10.4. The van der Waals surface area contributed by atoms with E-state index in [4.69, 9.17) is 9.90 Å². The van der Waals surface area contributed by atoms with Crippen LogP contribution in [0.25, 0.3) is 0 Å². The van der Waals surface area contributed by atoms with Gasteiger partial charge in [0.25, 0.3) is 6.47 Å². The molecule has 4 rings (SSSR count). The second kappa shape index (κ2) is 9.91. The summed E-state index contributed by atoms with van der Waals surface area (Å²) in [6, 6.07) is 8.67. The van der Waals surface area contributed by atoms with E-state index >= 15 is 0 Å². The minimum Gasteiger partial charge on any atom is -0.483 e. The van der Waals surface area contributed by atoms with Crippen molar-refractivity contribution in [1.82, 2.24) is 24.5 Å². The van der Waals surface area contributed by atoms with Gasteiger partial charge in [-0.25, -0.2) is 9.18 Å². The Morgan fingerprint density at radius 1 is 1.26 bits per heavy atom. The predicted octanol–water partition coefficient (Wildman–Crippen LogP) is 2.32. The number of carbonyl (C=O) groups is 2. The summed E-state index contributed by atoms with van der Waals surface area (Å²) >= 11 is 0. The monoisotopic (exact) mass is 431 g/mol. The van der Waals surface area contributed by atoms with Gasteiger partial charge in [0.05, 0.1) is 12.6 Å². The summed E-state index contributed by atoms with van der Waals surface area (Å²) in [6.07, 6.45) is 1.83. The van der Waals surface area contributed by atoms with Crippen molar-refractivity contribution in [2.45, 2.75) is 19.5 Å². The quantitative estimate of drug-likeness (QED) is 0.752. The number of rotatable bonds is 4. The fraction of sp³-hybridized carbons (Fsp3) is 0.500. The summed E-state index contributed by atoms with van der Waals surface area (Å²) in [5.74, 6) is 0.488. The first-order chi connectivity index (χ1) is 14.8. The van der Waals surface area contributed by atoms with Gasteiger partial charge in [0.15, 0.2) is 0 Å². The highest BCUT2D eigenvalue weighted by atomic mass is 19.1. The molecule has 2 aliphatic rings. The van der Waals surface area contributed by atoms with Crippen LogP contribution in [-0.2, 0) is 11.3 Å². The average molecular weight is 432 g/mol. The second-order valence-electron chi connectivity index (χ2n) is 8.31. The lowest BCUT2D eigenvalue weighted by Gasteiger charge is -2.32. The first-order valence-corrected chi connectivity index (χ1v) is 10.4. The van der Waals surface area contributed by atoms with Gasteiger partial charge in [0.2, 0.25) is 0 Å². The topological polar surface area (TPSA) is 81.9 Å². The number of halogens is 1. The maximum atomic E-state index is 13.9. The molecule has 2 amide bonds. The summed E-state index contributed by atoms with van der Waals surface area (Å²) in [5.41, 5.74) is 2.06. The van der Waals surface area contributed by atoms with Crippen LogP contribution in [0.15, 0.2) is 36.5 Å². The lowest BCUT2D eigenvalue weighted by molar-refractivity contribution is -0.122. The summed E-state index contributed by atoms with van der Waals surface area (Å²) in [6.45, 7) is 6.23. The molecule has 8 nitrogen and oxygen atoms in total. The Morgan fingerprint density at radius 2 is 2.00 bits per heavy atom. The van der Waals surface area contributed by atoms with Crippen molar-refractivity contribution in [2.75, 3.05) is 40.3 Å². The van der Waals surface area contributed by atoms with E-state index < -0.39 is 0 Å². The standard InChI is InChI=1S/C21H28FN5O.CH2O2/c1-15-7-8-23-27(15)10-9-25-12-17-13-26(21(28)24(2)3)20(19(17)14-25)16-5-4-6-18(22)11-16;2-1-3/h4-8,11,17,19-20H,9-10,12-14H2,1-3H3;1H,(H,2,3)/t17-,19-,20-;/m1./s1. The number of likely N-dealkylation sites (tertiary alicyclic amines) is 2. The highest BCUT2D eigenvalue weighted by molar-refractivity contribution is 5.75. The number of nitrogens with zero attached hydrogens (tertiary/aromatic N) is 5. The molecule has 168 valence electrons. The SMILES string of the molecule is Cc1ccnn1CCN1C[C@@H]2CN(C(=O)N(C)C)[C@H](c3cccc(F)c3)[C@@H]2C1.O=CO. The molecule has 2 saturated heterocycles. The summed E-state index contributed by atoms with van der Waals surface area (Å²) in [4.78, 5) is 27.1. The van der Waals surface area contributed by atoms with Crippen LogP contribution in [0, 0.1) is 24.6 Å². The van der Waals surface area contributed by atoms with Crippen molar-refractivity contribution in [3.63, 3.8) is 0 Å². The molecule has 3 atom stereocenters. The van der Waals surface area contributed by atoms with E-state index in [-0.39, 0.29) is 24.4 Å². The molecule has 0 radical (unpaired) electrons. The lowest BCUT2D eigenvalue weighted by Crippen LogP contribution is -2.41. The molecule has 9 heteroatoms. The normalized spacial score (nSPS) is 22.6. The van der Waals surface area contributed by atoms with E-state index in [9.17, 15) is 9.18 Å². The maximum Gasteiger partial charge on any atom is 0.320 e. The van der Waals surface area contributed by atoms with Gasteiger partial charge in [-0.2, -0.15) is 5.10 Å². The molecule has 2 fully saturated rings. The molecule has 1 aromatic heterocycles. The number of fused-ring (bicyclic) bond motifs is 1. The largest absolute Gasteiger partial charge is 0.483 e. The first kappa shape index (κ1) is 22.7. The summed E-state index contributed by atoms with van der Waals surface area (Å²) in [5, 5.41) is 11.3. The maximum absolute atomic E-state index is 13.9. The van der Waals surface area contributed by atoms with E-state index in [0.717, 1.165) is 38.3 Å². The molecule has 0 unspecified atom stereocenters. The van der Waals surface area contributed by atoms with Gasteiger partial charge in [-0.05, 0) is 36.6 Å². The average Bonchev–Trinajstić information content (AvgIpc) is 3.40. The van der Waals surface area contributed by atoms with Crippen LogP contribution in [0.3, 0.4) is 0 Å². The van der Waals surface area contributed by atoms with Crippen LogP contribution in [0.5, 0.6) is 0 Å². The highest BCUT2D eigenvalue weighted by Crippen LogP contribution is 2.45. The Balaban J connectivity index is 0.000000858. The molecule has 2 aliphatic heterocycles. The summed E-state index contributed by atoms with van der Waals surface area (Å²) < 4.78 is 15.9. The molecule has 0 spiro atoms. The van der Waals surface area contributed by atoms with E-state index in [1.165, 1.54) is 11.8 Å². The van der Waals surface area contributed by atoms with Crippen LogP contribution in [0.2, 0.25) is 0 Å². The van der Waals surface area contributed by atoms with Gasteiger partial charge in [-0.3, -0.25) is 9.48 Å². The number of hydrogen-bond acceptors (Lipinski definition) is 4. The van der Waals surface area contributed by atoms with Crippen LogP contribution < -0.4 is 0 Å². The number of carbonyl (C=O) groups excluding carboxylic acids is 1. The predicted molar refractivity (Wildman–Crippen MR) is 114 cm³/mol. The van der Waals surface area contributed by atoms with Gasteiger partial charge < -0.3 is 19.8 Å². The third kappa shape index (κ3) is 5.04. The summed E-state index contributed by atoms with van der Waals surface area (Å²) in [7, 11) is 3.55. The molecule has 1 N–H and O–H groups in total. The van der Waals surface area contributed by atoms with Gasteiger partial charge in [0.1, 0.15) is 5.82 Å². The number of aryl methyl sites for hydroxylation is 1. The number of benzene rings is 1. The van der Waals surface area contributed by atoms with E-state index in [1.807, 2.05) is 27.9 Å². The van der Waals surface area contributed by atoms with Gasteiger partial charge in [0, 0.05) is 58.1 Å². The van der Waals surface area contributed by atoms with E-state index in [0.29, 0.717) is 11.8 Å². The van der Waals surface area contributed by atoms with Gasteiger partial charge in [-0.1, -0.05) is 12.1 Å². The minimum absolute atomic E-state index is 0.00220. The smallest absolute Gasteiger partial charge is 0.320 e. The highest BCUT2D eigenvalue weighted by Gasteiger charge is 2.49. The van der Waals surface area contributed by atoms with Crippen molar-refractivity contribution in [2.24, 2.45) is 11.8 Å². The zero-order chi connectivity index (χ0) is 22.5. The molecule has 0 aliphatic carbocycles. The zero-order valence-corrected chi connectivity index (χ0v) is 18.2. The third-order valence-corrected chi connectivity index (χ3v) is 6.12. The van der Waals surface area contributed by atoms with E-state index in [2.05, 4.69) is 16.9 Å². The number of urea groups is 1. The molecule has 2 aromatic rings. The van der Waals surface area contributed by atoms with Crippen LogP contribution in [0.1, 0.15) is 17.3 Å². The molecular formula is C22H30FN5O3. The van der Waals surface area contributed by atoms with Crippen molar-refractivity contribution in [3.8, 4) is 0 Å². The Hall–Kier alpha value is -2.94. The van der Waals surface area contributed by atoms with Crippen LogP contribution >= 0.6 is 0 Å². The number of carboxylic acid groups (broad SMARTS) is 1. The molecule has 3 heterocycles. The fourth-order valence-corrected chi connectivity index (χ4v) is 4.76. The second-order valence-corrected chi connectivity index (χ2v) is 8.31. The van der Waals surface area contributed by atoms with Gasteiger partial charge in [-0.15, -0.1) is 0 Å². The van der Waals surface area contributed by atoms with Crippen molar-refractivity contribution in [1.29, 1.82) is 0 Å².